The Hall–Kier alpha value is -2.95. The molecular formula is C22H26FNO3. The molecule has 0 aliphatic rings. The van der Waals surface area contributed by atoms with Gasteiger partial charge in [-0.15, -0.1) is 0 Å². The summed E-state index contributed by atoms with van der Waals surface area (Å²) in [4.78, 5) is 15.4. The number of aliphatic hydroxyl groups is 1. The molecule has 1 aromatic rings. The van der Waals surface area contributed by atoms with Gasteiger partial charge in [-0.25, -0.2) is 9.18 Å². The van der Waals surface area contributed by atoms with Crippen molar-refractivity contribution in [1.29, 1.82) is 0 Å². The fourth-order valence-corrected chi connectivity index (χ4v) is 2.51. The number of aliphatic imine (C=N–C) groups is 1. The second-order valence-corrected chi connectivity index (χ2v) is 6.17. The van der Waals surface area contributed by atoms with Crippen LogP contribution in [0.25, 0.3) is 5.57 Å². The molecule has 0 unspecified atom stereocenters. The van der Waals surface area contributed by atoms with Crippen molar-refractivity contribution in [3.63, 3.8) is 0 Å². The van der Waals surface area contributed by atoms with E-state index in [4.69, 9.17) is 0 Å². The minimum absolute atomic E-state index is 0.270. The van der Waals surface area contributed by atoms with Crippen LogP contribution in [0.15, 0.2) is 64.4 Å². The van der Waals surface area contributed by atoms with Crippen LogP contribution in [0.4, 0.5) is 4.39 Å². The molecule has 0 heterocycles. The SMILES string of the molecule is C=C/C(=C(C)/C(C)=C/C(O)=C(\C=NCCC)C(=O)O)c1ccc(F)cc1C. The quantitative estimate of drug-likeness (QED) is 0.277. The van der Waals surface area contributed by atoms with E-state index in [1.165, 1.54) is 24.4 Å². The van der Waals surface area contributed by atoms with Crippen molar-refractivity contribution in [2.45, 2.75) is 34.1 Å². The summed E-state index contributed by atoms with van der Waals surface area (Å²) in [5.41, 5.74) is 3.55. The van der Waals surface area contributed by atoms with Gasteiger partial charge in [0.2, 0.25) is 0 Å². The molecule has 27 heavy (non-hydrogen) atoms. The summed E-state index contributed by atoms with van der Waals surface area (Å²) in [5, 5.41) is 19.5. The van der Waals surface area contributed by atoms with Gasteiger partial charge in [0, 0.05) is 12.8 Å². The molecular weight excluding hydrogens is 345 g/mol. The maximum atomic E-state index is 13.4. The highest BCUT2D eigenvalue weighted by molar-refractivity contribution is 6.09. The van der Waals surface area contributed by atoms with Gasteiger partial charge in [0.1, 0.15) is 17.1 Å². The molecule has 1 rings (SSSR count). The van der Waals surface area contributed by atoms with Gasteiger partial charge in [0.15, 0.2) is 0 Å². The van der Waals surface area contributed by atoms with E-state index in [9.17, 15) is 19.4 Å². The van der Waals surface area contributed by atoms with E-state index in [0.717, 1.165) is 28.7 Å². The van der Waals surface area contributed by atoms with E-state index in [-0.39, 0.29) is 17.1 Å². The zero-order valence-electron chi connectivity index (χ0n) is 16.2. The third-order valence-corrected chi connectivity index (χ3v) is 4.11. The normalized spacial score (nSPS) is 14.0. The van der Waals surface area contributed by atoms with E-state index < -0.39 is 5.97 Å². The minimum Gasteiger partial charge on any atom is -0.507 e. The van der Waals surface area contributed by atoms with Gasteiger partial charge in [-0.05, 0) is 73.2 Å². The monoisotopic (exact) mass is 371 g/mol. The highest BCUT2D eigenvalue weighted by Gasteiger charge is 2.12. The Morgan fingerprint density at radius 1 is 1.30 bits per heavy atom. The number of carboxylic acids is 1. The Kier molecular flexibility index (Phi) is 8.39. The lowest BCUT2D eigenvalue weighted by atomic mass is 9.93. The van der Waals surface area contributed by atoms with E-state index in [0.29, 0.717) is 12.1 Å². The second-order valence-electron chi connectivity index (χ2n) is 6.17. The number of aliphatic hydroxyl groups excluding tert-OH is 1. The van der Waals surface area contributed by atoms with Gasteiger partial charge in [-0.1, -0.05) is 25.6 Å². The lowest BCUT2D eigenvalue weighted by Crippen LogP contribution is -2.06. The molecule has 0 atom stereocenters. The molecule has 0 bridgehead atoms. The average Bonchev–Trinajstić information content (AvgIpc) is 2.60. The average molecular weight is 371 g/mol. The summed E-state index contributed by atoms with van der Waals surface area (Å²) in [6, 6.07) is 4.49. The molecule has 0 saturated carbocycles. The second kappa shape index (κ2) is 10.3. The van der Waals surface area contributed by atoms with Crippen LogP contribution in [0.2, 0.25) is 0 Å². The zero-order chi connectivity index (χ0) is 20.6. The molecule has 0 aromatic heterocycles. The Morgan fingerprint density at radius 2 is 1.96 bits per heavy atom. The molecule has 0 saturated heterocycles. The molecule has 0 aliphatic heterocycles. The number of carboxylic acid groups (broad SMARTS) is 1. The van der Waals surface area contributed by atoms with Gasteiger partial charge in [-0.2, -0.15) is 0 Å². The summed E-state index contributed by atoms with van der Waals surface area (Å²) in [7, 11) is 0. The van der Waals surface area contributed by atoms with Crippen LogP contribution in [0.1, 0.15) is 38.3 Å². The van der Waals surface area contributed by atoms with Crippen LogP contribution in [-0.4, -0.2) is 28.9 Å². The number of benzene rings is 1. The highest BCUT2D eigenvalue weighted by atomic mass is 19.1. The van der Waals surface area contributed by atoms with Crippen molar-refractivity contribution in [3.8, 4) is 0 Å². The number of aryl methyl sites for hydroxylation is 1. The molecule has 0 radical (unpaired) electrons. The van der Waals surface area contributed by atoms with E-state index >= 15 is 0 Å². The van der Waals surface area contributed by atoms with Crippen molar-refractivity contribution in [2.24, 2.45) is 4.99 Å². The summed E-state index contributed by atoms with van der Waals surface area (Å²) < 4.78 is 13.4. The molecule has 1 aromatic carbocycles. The molecule has 0 fully saturated rings. The van der Waals surface area contributed by atoms with Crippen molar-refractivity contribution in [1.82, 2.24) is 0 Å². The van der Waals surface area contributed by atoms with Crippen LogP contribution in [0.3, 0.4) is 0 Å². The number of hydrogen-bond acceptors (Lipinski definition) is 3. The summed E-state index contributed by atoms with van der Waals surface area (Å²) in [6.07, 6.45) is 5.00. The molecule has 2 N–H and O–H groups in total. The predicted octanol–water partition coefficient (Wildman–Crippen LogP) is 5.42. The summed E-state index contributed by atoms with van der Waals surface area (Å²) in [6.45, 7) is 11.6. The first-order chi connectivity index (χ1) is 12.7. The number of rotatable bonds is 8. The van der Waals surface area contributed by atoms with E-state index in [1.54, 1.807) is 26.0 Å². The maximum Gasteiger partial charge on any atom is 0.341 e. The standard InChI is InChI=1S/C22H26FNO3/c1-6-10-24-13-20(22(26)27)21(25)12-14(3)16(5)18(7-2)19-9-8-17(23)11-15(19)4/h7-9,11-13,25H,2,6,10H2,1,3-5H3,(H,26,27)/b14-12+,18-16-,21-20-,24-13?. The van der Waals surface area contributed by atoms with Gasteiger partial charge in [0.05, 0.1) is 0 Å². The first kappa shape index (κ1) is 22.1. The first-order valence-corrected chi connectivity index (χ1v) is 8.67. The van der Waals surface area contributed by atoms with Crippen LogP contribution in [0.5, 0.6) is 0 Å². The molecule has 5 heteroatoms. The molecule has 0 spiro atoms. The Morgan fingerprint density at radius 3 is 2.48 bits per heavy atom. The fourth-order valence-electron chi connectivity index (χ4n) is 2.51. The molecule has 0 amide bonds. The molecule has 144 valence electrons. The molecule has 0 aliphatic carbocycles. The third kappa shape index (κ3) is 6.06. The highest BCUT2D eigenvalue weighted by Crippen LogP contribution is 2.28. The molecule has 4 nitrogen and oxygen atoms in total. The van der Waals surface area contributed by atoms with Gasteiger partial charge >= 0.3 is 5.97 Å². The topological polar surface area (TPSA) is 69.9 Å². The van der Waals surface area contributed by atoms with Gasteiger partial charge in [0.25, 0.3) is 0 Å². The van der Waals surface area contributed by atoms with Crippen LogP contribution < -0.4 is 0 Å². The Balaban J connectivity index is 3.42. The maximum absolute atomic E-state index is 13.4. The largest absolute Gasteiger partial charge is 0.507 e. The first-order valence-electron chi connectivity index (χ1n) is 8.67. The number of aliphatic carboxylic acids is 1. The lowest BCUT2D eigenvalue weighted by molar-refractivity contribution is -0.132. The Bertz CT molecular complexity index is 845. The van der Waals surface area contributed by atoms with Crippen molar-refractivity contribution in [3.05, 3.63) is 76.4 Å². The number of halogens is 1. The number of nitrogens with zero attached hydrogens (tertiary/aromatic N) is 1. The Labute approximate surface area is 159 Å². The summed E-state index contributed by atoms with van der Waals surface area (Å²) in [5.74, 6) is -1.95. The van der Waals surface area contributed by atoms with Crippen LogP contribution in [0, 0.1) is 12.7 Å². The number of allylic oxidation sites excluding steroid dienone is 5. The van der Waals surface area contributed by atoms with Gasteiger partial charge < -0.3 is 10.2 Å². The van der Waals surface area contributed by atoms with Crippen molar-refractivity contribution < 1.29 is 19.4 Å². The minimum atomic E-state index is -1.25. The number of carbonyl (C=O) groups is 1. The van der Waals surface area contributed by atoms with Gasteiger partial charge in [-0.3, -0.25) is 4.99 Å². The summed E-state index contributed by atoms with van der Waals surface area (Å²) >= 11 is 0. The fraction of sp³-hybridized carbons (Fsp3) is 0.273. The zero-order valence-corrected chi connectivity index (χ0v) is 16.2. The number of hydrogen-bond donors (Lipinski definition) is 2. The van der Waals surface area contributed by atoms with Crippen LogP contribution >= 0.6 is 0 Å². The smallest absolute Gasteiger partial charge is 0.341 e. The van der Waals surface area contributed by atoms with E-state index in [1.807, 2.05) is 13.8 Å². The van der Waals surface area contributed by atoms with Crippen molar-refractivity contribution in [2.75, 3.05) is 6.54 Å². The third-order valence-electron chi connectivity index (χ3n) is 4.11. The van der Waals surface area contributed by atoms with Crippen LogP contribution in [-0.2, 0) is 4.79 Å². The van der Waals surface area contributed by atoms with E-state index in [2.05, 4.69) is 11.6 Å². The van der Waals surface area contributed by atoms with Crippen molar-refractivity contribution >= 4 is 17.8 Å². The lowest BCUT2D eigenvalue weighted by Gasteiger charge is -2.13. The predicted molar refractivity (Wildman–Crippen MR) is 109 cm³/mol.